The summed E-state index contributed by atoms with van der Waals surface area (Å²) in [6.07, 6.45) is 0.378. The fraction of sp³-hybridized carbons (Fsp3) is 0.667. The highest BCUT2D eigenvalue weighted by Crippen LogP contribution is 2.33. The number of nitrogens with zero attached hydrogens (tertiary/aromatic N) is 2. The lowest BCUT2D eigenvalue weighted by Gasteiger charge is -2.06. The summed E-state index contributed by atoms with van der Waals surface area (Å²) in [5.41, 5.74) is -0.270. The maximum atomic E-state index is 11.7. The summed E-state index contributed by atoms with van der Waals surface area (Å²) in [7, 11) is 0. The maximum Gasteiger partial charge on any atom is 0.522 e. The van der Waals surface area contributed by atoms with E-state index in [0.29, 0.717) is 0 Å². The quantitative estimate of drug-likeness (QED) is 0.794. The number of halogens is 3. The molecule has 16 heavy (non-hydrogen) atoms. The van der Waals surface area contributed by atoms with Crippen molar-refractivity contribution in [2.24, 2.45) is 0 Å². The summed E-state index contributed by atoms with van der Waals surface area (Å²) in [4.78, 5) is 11.6. The van der Waals surface area contributed by atoms with Crippen LogP contribution in [0.25, 0.3) is 0 Å². The predicted molar refractivity (Wildman–Crippen MR) is 49.0 cm³/mol. The highest BCUT2D eigenvalue weighted by atomic mass is 19.4. The molecule has 0 bridgehead atoms. The zero-order valence-corrected chi connectivity index (χ0v) is 8.41. The number of imidazole rings is 1. The Morgan fingerprint density at radius 2 is 2.06 bits per heavy atom. The van der Waals surface area contributed by atoms with Crippen molar-refractivity contribution < 1.29 is 17.9 Å². The second-order valence-electron chi connectivity index (χ2n) is 3.71. The van der Waals surface area contributed by atoms with Crippen LogP contribution in [-0.2, 0) is 11.3 Å². The van der Waals surface area contributed by atoms with Crippen molar-refractivity contribution in [1.82, 2.24) is 9.13 Å². The Balaban J connectivity index is 1.92. The molecule has 1 aliphatic rings. The lowest BCUT2D eigenvalue weighted by molar-refractivity contribution is -0.325. The molecule has 1 aliphatic carbocycles. The molecular formula is C9H11F3N2O2. The van der Waals surface area contributed by atoms with Crippen LogP contribution in [0.15, 0.2) is 17.2 Å². The van der Waals surface area contributed by atoms with Crippen molar-refractivity contribution in [3.63, 3.8) is 0 Å². The van der Waals surface area contributed by atoms with Crippen LogP contribution in [0.2, 0.25) is 0 Å². The summed E-state index contributed by atoms with van der Waals surface area (Å²) in [6, 6.07) is 0.234. The monoisotopic (exact) mass is 236 g/mol. The van der Waals surface area contributed by atoms with E-state index in [1.807, 2.05) is 0 Å². The molecule has 0 aromatic carbocycles. The molecule has 0 amide bonds. The Bertz CT molecular complexity index is 417. The molecule has 90 valence electrons. The van der Waals surface area contributed by atoms with Crippen molar-refractivity contribution >= 4 is 0 Å². The van der Waals surface area contributed by atoms with Crippen molar-refractivity contribution in [3.8, 4) is 0 Å². The van der Waals surface area contributed by atoms with Gasteiger partial charge in [0.2, 0.25) is 0 Å². The van der Waals surface area contributed by atoms with Gasteiger partial charge in [0.15, 0.2) is 0 Å². The van der Waals surface area contributed by atoms with Crippen LogP contribution in [0.1, 0.15) is 18.9 Å². The standard InChI is InChI=1S/C9H11F3N2O2/c10-9(11,12)16-6-5-13-3-4-14(8(13)15)7-1-2-7/h3-4,7H,1-2,5-6H2. The van der Waals surface area contributed by atoms with Crippen molar-refractivity contribution in [3.05, 3.63) is 22.9 Å². The third-order valence-corrected chi connectivity index (χ3v) is 2.41. The number of ether oxygens (including phenoxy) is 1. The highest BCUT2D eigenvalue weighted by Gasteiger charge is 2.29. The zero-order chi connectivity index (χ0) is 11.8. The van der Waals surface area contributed by atoms with Crippen LogP contribution in [0.5, 0.6) is 0 Å². The van der Waals surface area contributed by atoms with Gasteiger partial charge in [-0.1, -0.05) is 0 Å². The van der Waals surface area contributed by atoms with Gasteiger partial charge in [0, 0.05) is 18.4 Å². The summed E-state index contributed by atoms with van der Waals surface area (Å²) < 4.78 is 41.4. The molecule has 1 saturated carbocycles. The molecule has 2 rings (SSSR count). The minimum absolute atomic E-state index is 0.0853. The molecule has 1 aromatic rings. The first-order valence-corrected chi connectivity index (χ1v) is 4.95. The van der Waals surface area contributed by atoms with Crippen LogP contribution in [-0.4, -0.2) is 22.1 Å². The third-order valence-electron chi connectivity index (χ3n) is 2.41. The molecule has 1 heterocycles. The Hall–Kier alpha value is -1.24. The topological polar surface area (TPSA) is 36.2 Å². The van der Waals surface area contributed by atoms with E-state index in [-0.39, 0.29) is 18.3 Å². The van der Waals surface area contributed by atoms with Crippen molar-refractivity contribution in [2.45, 2.75) is 31.8 Å². The second kappa shape index (κ2) is 3.97. The van der Waals surface area contributed by atoms with E-state index in [9.17, 15) is 18.0 Å². The van der Waals surface area contributed by atoms with Gasteiger partial charge >= 0.3 is 12.1 Å². The SMILES string of the molecule is O=c1n(CCOC(F)(F)F)ccn1C1CC1. The Labute approximate surface area is 89.2 Å². The summed E-state index contributed by atoms with van der Waals surface area (Å²) >= 11 is 0. The minimum Gasteiger partial charge on any atom is -0.297 e. The van der Waals surface area contributed by atoms with Crippen LogP contribution in [0.4, 0.5) is 13.2 Å². The van der Waals surface area contributed by atoms with E-state index in [1.54, 1.807) is 10.8 Å². The average molecular weight is 236 g/mol. The molecule has 0 unspecified atom stereocenters. The summed E-state index contributed by atoms with van der Waals surface area (Å²) in [5.74, 6) is 0. The molecular weight excluding hydrogens is 225 g/mol. The molecule has 7 heteroatoms. The molecule has 0 saturated heterocycles. The first-order valence-electron chi connectivity index (χ1n) is 4.95. The first-order chi connectivity index (χ1) is 7.47. The van der Waals surface area contributed by atoms with Crippen LogP contribution >= 0.6 is 0 Å². The number of aromatic nitrogens is 2. The van der Waals surface area contributed by atoms with E-state index in [2.05, 4.69) is 4.74 Å². The largest absolute Gasteiger partial charge is 0.522 e. The lowest BCUT2D eigenvalue weighted by Crippen LogP contribution is -2.26. The smallest absolute Gasteiger partial charge is 0.297 e. The van der Waals surface area contributed by atoms with Crippen molar-refractivity contribution in [1.29, 1.82) is 0 Å². The molecule has 0 atom stereocenters. The fourth-order valence-corrected chi connectivity index (χ4v) is 1.49. The van der Waals surface area contributed by atoms with Crippen LogP contribution in [0, 0.1) is 0 Å². The van der Waals surface area contributed by atoms with Gasteiger partial charge in [-0.15, -0.1) is 13.2 Å². The van der Waals surface area contributed by atoms with Gasteiger partial charge in [-0.05, 0) is 12.8 Å². The van der Waals surface area contributed by atoms with Gasteiger partial charge in [0.1, 0.15) is 0 Å². The minimum atomic E-state index is -4.64. The van der Waals surface area contributed by atoms with E-state index in [0.717, 1.165) is 12.8 Å². The highest BCUT2D eigenvalue weighted by molar-refractivity contribution is 4.91. The summed E-state index contributed by atoms with van der Waals surface area (Å²) in [6.45, 7) is -0.629. The Morgan fingerprint density at radius 1 is 1.38 bits per heavy atom. The molecule has 1 fully saturated rings. The average Bonchev–Trinajstić information content (AvgIpc) is 2.93. The number of rotatable bonds is 4. The Morgan fingerprint density at radius 3 is 2.62 bits per heavy atom. The molecule has 0 aliphatic heterocycles. The third kappa shape index (κ3) is 2.66. The summed E-state index contributed by atoms with van der Waals surface area (Å²) in [5, 5.41) is 0. The van der Waals surface area contributed by atoms with Crippen molar-refractivity contribution in [2.75, 3.05) is 6.61 Å². The number of alkyl halides is 3. The number of hydrogen-bond acceptors (Lipinski definition) is 2. The predicted octanol–water partition coefficient (Wildman–Crippen LogP) is 1.52. The van der Waals surface area contributed by atoms with Gasteiger partial charge < -0.3 is 0 Å². The van der Waals surface area contributed by atoms with Gasteiger partial charge in [-0.2, -0.15) is 0 Å². The lowest BCUT2D eigenvalue weighted by atomic mass is 10.6. The Kier molecular flexibility index (Phi) is 2.79. The van der Waals surface area contributed by atoms with Gasteiger partial charge in [-0.25, -0.2) is 4.79 Å². The van der Waals surface area contributed by atoms with Crippen LogP contribution in [0.3, 0.4) is 0 Å². The molecule has 4 nitrogen and oxygen atoms in total. The van der Waals surface area contributed by atoms with Crippen LogP contribution < -0.4 is 5.69 Å². The van der Waals surface area contributed by atoms with Gasteiger partial charge in [-0.3, -0.25) is 13.9 Å². The van der Waals surface area contributed by atoms with E-state index in [4.69, 9.17) is 0 Å². The second-order valence-corrected chi connectivity index (χ2v) is 3.71. The number of hydrogen-bond donors (Lipinski definition) is 0. The maximum absolute atomic E-state index is 11.7. The van der Waals surface area contributed by atoms with Gasteiger partial charge in [0.05, 0.1) is 13.2 Å². The first kappa shape index (κ1) is 11.3. The molecule has 1 aromatic heterocycles. The van der Waals surface area contributed by atoms with E-state index < -0.39 is 13.0 Å². The van der Waals surface area contributed by atoms with Gasteiger partial charge in [0.25, 0.3) is 0 Å². The molecule has 0 N–H and O–H groups in total. The fourth-order valence-electron chi connectivity index (χ4n) is 1.49. The van der Waals surface area contributed by atoms with E-state index >= 15 is 0 Å². The zero-order valence-electron chi connectivity index (χ0n) is 8.41. The molecule has 0 radical (unpaired) electrons. The van der Waals surface area contributed by atoms with E-state index in [1.165, 1.54) is 10.8 Å². The molecule has 0 spiro atoms. The normalized spacial score (nSPS) is 16.7.